The first-order valence-electron chi connectivity index (χ1n) is 7.39. The molecule has 0 spiro atoms. The van der Waals surface area contributed by atoms with E-state index in [1.54, 1.807) is 0 Å². The summed E-state index contributed by atoms with van der Waals surface area (Å²) in [6.07, 6.45) is 7.89. The zero-order valence-electron chi connectivity index (χ0n) is 13.2. The topological polar surface area (TPSA) is 34.1 Å². The van der Waals surface area contributed by atoms with Crippen molar-refractivity contribution in [3.63, 3.8) is 0 Å². The summed E-state index contributed by atoms with van der Waals surface area (Å²) >= 11 is 0. The predicted octanol–water partition coefficient (Wildman–Crippen LogP) is 3.55. The Labute approximate surface area is 132 Å². The Hall–Kier alpha value is -2.31. The highest BCUT2D eigenvalue weighted by Crippen LogP contribution is 2.12. The molecular formula is C19H22N2O. The minimum absolute atomic E-state index is 0.0722. The van der Waals surface area contributed by atoms with Crippen LogP contribution in [0.15, 0.2) is 48.7 Å². The Morgan fingerprint density at radius 1 is 1.14 bits per heavy atom. The maximum atomic E-state index is 5.67. The van der Waals surface area contributed by atoms with E-state index >= 15 is 0 Å². The van der Waals surface area contributed by atoms with Gasteiger partial charge in [-0.25, -0.2) is 4.98 Å². The fourth-order valence-electron chi connectivity index (χ4n) is 1.99. The van der Waals surface area contributed by atoms with Crippen LogP contribution in [0.3, 0.4) is 0 Å². The second-order valence-corrected chi connectivity index (χ2v) is 5.90. The highest BCUT2D eigenvalue weighted by Gasteiger charge is 2.14. The van der Waals surface area contributed by atoms with E-state index in [4.69, 9.17) is 11.2 Å². The summed E-state index contributed by atoms with van der Waals surface area (Å²) in [5.74, 6) is 3.32. The first-order chi connectivity index (χ1) is 10.6. The number of nitrogens with one attached hydrogen (secondary N) is 1. The van der Waals surface area contributed by atoms with Gasteiger partial charge >= 0.3 is 0 Å². The van der Waals surface area contributed by atoms with E-state index in [2.05, 4.69) is 30.1 Å². The van der Waals surface area contributed by atoms with Gasteiger partial charge in [-0.05, 0) is 25.0 Å². The summed E-state index contributed by atoms with van der Waals surface area (Å²) in [5, 5.41) is 3.43. The standard InChI is InChI=1S/C19H22N2O/c1-4-12-19(2,3)21-14-17-10-11-18(20-13-17)22-15-16-8-6-5-7-9-16/h1,5-11,13,21H,12,14-15H2,2-3H3. The third-order valence-electron chi connectivity index (χ3n) is 3.34. The van der Waals surface area contributed by atoms with E-state index in [-0.39, 0.29) is 5.54 Å². The van der Waals surface area contributed by atoms with Crippen LogP contribution in [0.25, 0.3) is 0 Å². The van der Waals surface area contributed by atoms with Crippen LogP contribution in [-0.4, -0.2) is 10.5 Å². The zero-order valence-corrected chi connectivity index (χ0v) is 13.2. The molecule has 0 unspecified atom stereocenters. The fraction of sp³-hybridized carbons (Fsp3) is 0.316. The van der Waals surface area contributed by atoms with Gasteiger partial charge in [0.1, 0.15) is 6.61 Å². The van der Waals surface area contributed by atoms with Gasteiger partial charge in [0.25, 0.3) is 0 Å². The molecule has 2 aromatic rings. The van der Waals surface area contributed by atoms with E-state index in [1.165, 1.54) is 0 Å². The Kier molecular flexibility index (Phi) is 5.57. The molecule has 0 radical (unpaired) electrons. The molecule has 0 bridgehead atoms. The first kappa shape index (κ1) is 16.1. The van der Waals surface area contributed by atoms with Crippen LogP contribution in [0.4, 0.5) is 0 Å². The second kappa shape index (κ2) is 7.63. The van der Waals surface area contributed by atoms with Gasteiger partial charge in [0, 0.05) is 30.8 Å². The number of pyridine rings is 1. The molecular weight excluding hydrogens is 272 g/mol. The lowest BCUT2D eigenvalue weighted by molar-refractivity contribution is 0.293. The molecule has 0 aliphatic carbocycles. The first-order valence-corrected chi connectivity index (χ1v) is 7.39. The molecule has 0 aliphatic heterocycles. The molecule has 3 heteroatoms. The number of nitrogens with zero attached hydrogens (tertiary/aromatic N) is 1. The maximum absolute atomic E-state index is 5.67. The summed E-state index contributed by atoms with van der Waals surface area (Å²) in [4.78, 5) is 4.34. The van der Waals surface area contributed by atoms with Crippen molar-refractivity contribution in [1.82, 2.24) is 10.3 Å². The lowest BCUT2D eigenvalue weighted by atomic mass is 10.0. The van der Waals surface area contributed by atoms with Crippen LogP contribution >= 0.6 is 0 Å². The Balaban J connectivity index is 1.84. The maximum Gasteiger partial charge on any atom is 0.213 e. The van der Waals surface area contributed by atoms with Gasteiger partial charge in [-0.15, -0.1) is 12.3 Å². The smallest absolute Gasteiger partial charge is 0.213 e. The molecule has 22 heavy (non-hydrogen) atoms. The highest BCUT2D eigenvalue weighted by molar-refractivity contribution is 5.19. The molecule has 0 saturated carbocycles. The summed E-state index contributed by atoms with van der Waals surface area (Å²) in [7, 11) is 0. The normalized spacial score (nSPS) is 11.0. The molecule has 1 aromatic carbocycles. The lowest BCUT2D eigenvalue weighted by Gasteiger charge is -2.23. The van der Waals surface area contributed by atoms with E-state index < -0.39 is 0 Å². The van der Waals surface area contributed by atoms with Crippen molar-refractivity contribution in [3.05, 3.63) is 59.8 Å². The minimum atomic E-state index is -0.0722. The summed E-state index contributed by atoms with van der Waals surface area (Å²) in [6, 6.07) is 14.0. The van der Waals surface area contributed by atoms with Crippen LogP contribution in [0.1, 0.15) is 31.4 Å². The average Bonchev–Trinajstić information content (AvgIpc) is 2.53. The molecule has 0 saturated heterocycles. The minimum Gasteiger partial charge on any atom is -0.473 e. The van der Waals surface area contributed by atoms with Gasteiger partial charge in [-0.3, -0.25) is 0 Å². The largest absolute Gasteiger partial charge is 0.473 e. The summed E-state index contributed by atoms with van der Waals surface area (Å²) in [6.45, 7) is 5.45. The van der Waals surface area contributed by atoms with Crippen molar-refractivity contribution in [2.24, 2.45) is 0 Å². The lowest BCUT2D eigenvalue weighted by Crippen LogP contribution is -2.38. The monoisotopic (exact) mass is 294 g/mol. The Bertz CT molecular complexity index is 612. The highest BCUT2D eigenvalue weighted by atomic mass is 16.5. The molecule has 2 rings (SSSR count). The number of benzene rings is 1. The Morgan fingerprint density at radius 3 is 2.55 bits per heavy atom. The molecule has 0 fully saturated rings. The molecule has 1 heterocycles. The van der Waals surface area contributed by atoms with Crippen LogP contribution in [-0.2, 0) is 13.2 Å². The number of rotatable bonds is 7. The van der Waals surface area contributed by atoms with E-state index in [1.807, 2.05) is 48.7 Å². The van der Waals surface area contributed by atoms with Crippen molar-refractivity contribution in [2.45, 2.75) is 39.0 Å². The van der Waals surface area contributed by atoms with Crippen LogP contribution in [0.2, 0.25) is 0 Å². The molecule has 0 atom stereocenters. The number of hydrogen-bond donors (Lipinski definition) is 1. The van der Waals surface area contributed by atoms with Crippen molar-refractivity contribution in [3.8, 4) is 18.2 Å². The van der Waals surface area contributed by atoms with Crippen LogP contribution in [0.5, 0.6) is 5.88 Å². The number of ether oxygens (including phenoxy) is 1. The quantitative estimate of drug-likeness (QED) is 0.793. The number of hydrogen-bond acceptors (Lipinski definition) is 3. The SMILES string of the molecule is C#CCC(C)(C)NCc1ccc(OCc2ccccc2)nc1. The molecule has 1 aromatic heterocycles. The van der Waals surface area contributed by atoms with Gasteiger partial charge in [-0.1, -0.05) is 36.4 Å². The number of terminal acetylenes is 1. The summed E-state index contributed by atoms with van der Waals surface area (Å²) in [5.41, 5.74) is 2.17. The predicted molar refractivity (Wildman–Crippen MR) is 89.4 cm³/mol. The van der Waals surface area contributed by atoms with Crippen LogP contribution in [0, 0.1) is 12.3 Å². The van der Waals surface area contributed by atoms with Crippen molar-refractivity contribution in [1.29, 1.82) is 0 Å². The van der Waals surface area contributed by atoms with E-state index in [0.717, 1.165) is 17.7 Å². The summed E-state index contributed by atoms with van der Waals surface area (Å²) < 4.78 is 5.67. The molecule has 3 nitrogen and oxygen atoms in total. The second-order valence-electron chi connectivity index (χ2n) is 5.90. The van der Waals surface area contributed by atoms with Crippen LogP contribution < -0.4 is 10.1 Å². The molecule has 0 aliphatic rings. The van der Waals surface area contributed by atoms with Gasteiger partial charge in [0.15, 0.2) is 0 Å². The van der Waals surface area contributed by atoms with Gasteiger partial charge < -0.3 is 10.1 Å². The fourth-order valence-corrected chi connectivity index (χ4v) is 1.99. The van der Waals surface area contributed by atoms with Gasteiger partial charge in [-0.2, -0.15) is 0 Å². The van der Waals surface area contributed by atoms with Crippen molar-refractivity contribution in [2.75, 3.05) is 0 Å². The molecule has 114 valence electrons. The molecule has 0 amide bonds. The average molecular weight is 294 g/mol. The van der Waals surface area contributed by atoms with Crippen molar-refractivity contribution < 1.29 is 4.74 Å². The van der Waals surface area contributed by atoms with Gasteiger partial charge in [0.05, 0.1) is 0 Å². The van der Waals surface area contributed by atoms with Crippen molar-refractivity contribution >= 4 is 0 Å². The molecule has 1 N–H and O–H groups in total. The third-order valence-corrected chi connectivity index (χ3v) is 3.34. The van der Waals surface area contributed by atoms with E-state index in [9.17, 15) is 0 Å². The van der Waals surface area contributed by atoms with Gasteiger partial charge in [0.2, 0.25) is 5.88 Å². The third kappa shape index (κ3) is 5.23. The van der Waals surface area contributed by atoms with E-state index in [0.29, 0.717) is 18.9 Å². The number of aromatic nitrogens is 1. The zero-order chi connectivity index (χ0) is 15.8. The Morgan fingerprint density at radius 2 is 1.91 bits per heavy atom.